The third kappa shape index (κ3) is 3.32. The number of methoxy groups -OCH3 is 1. The molecule has 0 radical (unpaired) electrons. The lowest BCUT2D eigenvalue weighted by atomic mass is 10.0. The molecule has 0 saturated heterocycles. The van der Waals surface area contributed by atoms with Gasteiger partial charge in [0.15, 0.2) is 5.78 Å². The second-order valence-corrected chi connectivity index (χ2v) is 3.38. The molecule has 0 amide bonds. The predicted molar refractivity (Wildman–Crippen MR) is 55.3 cm³/mol. The molecule has 0 aliphatic heterocycles. The Labute approximate surface area is 96.4 Å². The number of carbonyl (C=O) groups is 2. The van der Waals surface area contributed by atoms with E-state index in [2.05, 4.69) is 4.74 Å². The summed E-state index contributed by atoms with van der Waals surface area (Å²) in [6.07, 6.45) is -0.437. The van der Waals surface area contributed by atoms with E-state index in [1.54, 1.807) is 0 Å². The van der Waals surface area contributed by atoms with Crippen molar-refractivity contribution in [3.63, 3.8) is 0 Å². The summed E-state index contributed by atoms with van der Waals surface area (Å²) in [7, 11) is 1.12. The van der Waals surface area contributed by atoms with Crippen LogP contribution < -0.4 is 5.73 Å². The van der Waals surface area contributed by atoms with Gasteiger partial charge in [0.1, 0.15) is 17.7 Å². The van der Waals surface area contributed by atoms with E-state index in [0.29, 0.717) is 0 Å². The zero-order valence-electron chi connectivity index (χ0n) is 9.07. The average Bonchev–Trinajstić information content (AvgIpc) is 2.30. The van der Waals surface area contributed by atoms with Crippen molar-refractivity contribution in [2.24, 2.45) is 5.73 Å². The molecule has 0 fully saturated rings. The fraction of sp³-hybridized carbons (Fsp3) is 0.273. The normalized spacial score (nSPS) is 12.0. The standard InChI is InChI=1S/C11H11F2NO3/c1-17-11(16)9(14)5-10(15)7-4-6(12)2-3-8(7)13/h2-4,9H,5,14H2,1H3. The second kappa shape index (κ2) is 5.49. The first-order valence-corrected chi connectivity index (χ1v) is 4.77. The van der Waals surface area contributed by atoms with E-state index in [-0.39, 0.29) is 0 Å². The molecule has 1 rings (SSSR count). The Morgan fingerprint density at radius 3 is 2.65 bits per heavy atom. The number of hydrogen-bond acceptors (Lipinski definition) is 4. The Kier molecular flexibility index (Phi) is 4.28. The highest BCUT2D eigenvalue weighted by Crippen LogP contribution is 2.12. The lowest BCUT2D eigenvalue weighted by molar-refractivity contribution is -0.142. The van der Waals surface area contributed by atoms with Crippen LogP contribution >= 0.6 is 0 Å². The average molecular weight is 243 g/mol. The Balaban J connectivity index is 2.83. The number of Topliss-reactive ketones (excluding diaryl/α,β-unsaturated/α-hetero) is 1. The van der Waals surface area contributed by atoms with Crippen LogP contribution in [0, 0.1) is 11.6 Å². The molecule has 0 saturated carbocycles. The molecule has 0 aromatic heterocycles. The highest BCUT2D eigenvalue weighted by Gasteiger charge is 2.21. The van der Waals surface area contributed by atoms with Crippen LogP contribution in [0.2, 0.25) is 0 Å². The van der Waals surface area contributed by atoms with Gasteiger partial charge in [-0.05, 0) is 18.2 Å². The van der Waals surface area contributed by atoms with Gasteiger partial charge in [-0.1, -0.05) is 0 Å². The molecule has 0 heterocycles. The van der Waals surface area contributed by atoms with Crippen LogP contribution in [-0.4, -0.2) is 24.9 Å². The van der Waals surface area contributed by atoms with Gasteiger partial charge in [0.05, 0.1) is 12.7 Å². The van der Waals surface area contributed by atoms with Crippen molar-refractivity contribution >= 4 is 11.8 Å². The molecular weight excluding hydrogens is 232 g/mol. The first-order chi connectivity index (χ1) is 7.95. The zero-order chi connectivity index (χ0) is 13.0. The van der Waals surface area contributed by atoms with Gasteiger partial charge in [-0.2, -0.15) is 0 Å². The van der Waals surface area contributed by atoms with E-state index in [0.717, 1.165) is 25.3 Å². The van der Waals surface area contributed by atoms with Crippen LogP contribution in [0.15, 0.2) is 18.2 Å². The van der Waals surface area contributed by atoms with Crippen molar-refractivity contribution in [1.82, 2.24) is 0 Å². The second-order valence-electron chi connectivity index (χ2n) is 3.38. The fourth-order valence-corrected chi connectivity index (χ4v) is 1.26. The molecule has 4 nitrogen and oxygen atoms in total. The van der Waals surface area contributed by atoms with Crippen LogP contribution in [-0.2, 0) is 9.53 Å². The van der Waals surface area contributed by atoms with Gasteiger partial charge >= 0.3 is 5.97 Å². The SMILES string of the molecule is COC(=O)C(N)CC(=O)c1cc(F)ccc1F. The van der Waals surface area contributed by atoms with E-state index in [9.17, 15) is 18.4 Å². The van der Waals surface area contributed by atoms with E-state index in [1.807, 2.05) is 0 Å². The minimum atomic E-state index is -1.19. The summed E-state index contributed by atoms with van der Waals surface area (Å²) in [6.45, 7) is 0. The Bertz CT molecular complexity index is 448. The van der Waals surface area contributed by atoms with E-state index in [4.69, 9.17) is 5.73 Å². The van der Waals surface area contributed by atoms with Crippen LogP contribution in [0.5, 0.6) is 0 Å². The molecule has 0 bridgehead atoms. The maximum Gasteiger partial charge on any atom is 0.323 e. The predicted octanol–water partition coefficient (Wildman–Crippen LogP) is 1.04. The zero-order valence-corrected chi connectivity index (χ0v) is 9.07. The number of halogens is 2. The molecule has 1 atom stereocenters. The summed E-state index contributed by atoms with van der Waals surface area (Å²) in [5.41, 5.74) is 4.92. The lowest BCUT2D eigenvalue weighted by Gasteiger charge is -2.08. The summed E-state index contributed by atoms with van der Waals surface area (Å²) >= 11 is 0. The van der Waals surface area contributed by atoms with Crippen molar-refractivity contribution in [3.8, 4) is 0 Å². The molecular formula is C11H11F2NO3. The molecule has 2 N–H and O–H groups in total. The number of benzene rings is 1. The maximum atomic E-state index is 13.2. The molecule has 1 aromatic rings. The number of rotatable bonds is 4. The smallest absolute Gasteiger partial charge is 0.323 e. The van der Waals surface area contributed by atoms with E-state index in [1.165, 1.54) is 0 Å². The van der Waals surface area contributed by atoms with Gasteiger partial charge in [-0.3, -0.25) is 9.59 Å². The van der Waals surface area contributed by atoms with Gasteiger partial charge in [0.25, 0.3) is 0 Å². The number of hydrogen-bond donors (Lipinski definition) is 1. The summed E-state index contributed by atoms with van der Waals surface area (Å²) < 4.78 is 30.4. The summed E-state index contributed by atoms with van der Waals surface area (Å²) in [5, 5.41) is 0. The van der Waals surface area contributed by atoms with Gasteiger partial charge in [0.2, 0.25) is 0 Å². The van der Waals surface area contributed by atoms with Crippen molar-refractivity contribution in [3.05, 3.63) is 35.4 Å². The minimum Gasteiger partial charge on any atom is -0.468 e. The van der Waals surface area contributed by atoms with Crippen molar-refractivity contribution < 1.29 is 23.1 Å². The molecule has 6 heteroatoms. The Hall–Kier alpha value is -1.82. The van der Waals surface area contributed by atoms with Crippen molar-refractivity contribution in [2.45, 2.75) is 12.5 Å². The van der Waals surface area contributed by atoms with Gasteiger partial charge in [-0.25, -0.2) is 8.78 Å². The van der Waals surface area contributed by atoms with Gasteiger partial charge < -0.3 is 10.5 Å². The number of ketones is 1. The summed E-state index contributed by atoms with van der Waals surface area (Å²) in [4.78, 5) is 22.5. The quantitative estimate of drug-likeness (QED) is 0.633. The number of esters is 1. The van der Waals surface area contributed by atoms with Crippen LogP contribution in [0.1, 0.15) is 16.8 Å². The largest absolute Gasteiger partial charge is 0.468 e. The van der Waals surface area contributed by atoms with E-state index >= 15 is 0 Å². The van der Waals surface area contributed by atoms with Gasteiger partial charge in [0, 0.05) is 6.42 Å². The Morgan fingerprint density at radius 2 is 2.06 bits per heavy atom. The molecule has 1 unspecified atom stereocenters. The number of ether oxygens (including phenoxy) is 1. The first-order valence-electron chi connectivity index (χ1n) is 4.77. The molecule has 92 valence electrons. The number of carbonyl (C=O) groups excluding carboxylic acids is 2. The summed E-state index contributed by atoms with van der Waals surface area (Å²) in [5.74, 6) is -3.12. The minimum absolute atomic E-state index is 0.427. The highest BCUT2D eigenvalue weighted by molar-refractivity contribution is 5.99. The molecule has 17 heavy (non-hydrogen) atoms. The maximum absolute atomic E-state index is 13.2. The van der Waals surface area contributed by atoms with Crippen LogP contribution in [0.25, 0.3) is 0 Å². The Morgan fingerprint density at radius 1 is 1.41 bits per heavy atom. The van der Waals surface area contributed by atoms with Crippen molar-refractivity contribution in [1.29, 1.82) is 0 Å². The monoisotopic (exact) mass is 243 g/mol. The topological polar surface area (TPSA) is 69.4 Å². The van der Waals surface area contributed by atoms with Gasteiger partial charge in [-0.15, -0.1) is 0 Å². The fourth-order valence-electron chi connectivity index (χ4n) is 1.26. The summed E-state index contributed by atoms with van der Waals surface area (Å²) in [6, 6.07) is 1.32. The lowest BCUT2D eigenvalue weighted by Crippen LogP contribution is -2.34. The molecule has 0 spiro atoms. The van der Waals surface area contributed by atoms with Crippen LogP contribution in [0.3, 0.4) is 0 Å². The third-order valence-corrected chi connectivity index (χ3v) is 2.14. The molecule has 0 aliphatic rings. The van der Waals surface area contributed by atoms with Crippen LogP contribution in [0.4, 0.5) is 8.78 Å². The van der Waals surface area contributed by atoms with Crippen molar-refractivity contribution in [2.75, 3.05) is 7.11 Å². The van der Waals surface area contributed by atoms with E-state index < -0.39 is 41.4 Å². The first kappa shape index (κ1) is 13.2. The highest BCUT2D eigenvalue weighted by atomic mass is 19.1. The third-order valence-electron chi connectivity index (χ3n) is 2.14. The molecule has 1 aromatic carbocycles. The molecule has 0 aliphatic carbocycles. The number of nitrogens with two attached hydrogens (primary N) is 1.